The lowest BCUT2D eigenvalue weighted by Gasteiger charge is -2.16. The summed E-state index contributed by atoms with van der Waals surface area (Å²) in [6.45, 7) is 6.23. The average molecular weight is 208 g/mol. The molecule has 0 bridgehead atoms. The molecule has 0 unspecified atom stereocenters. The fraction of sp³-hybridized carbons (Fsp3) is 0.583. The number of nitrogens with two attached hydrogens (primary N) is 1. The van der Waals surface area contributed by atoms with Gasteiger partial charge in [-0.2, -0.15) is 0 Å². The Morgan fingerprint density at radius 2 is 2.00 bits per heavy atom. The highest BCUT2D eigenvalue weighted by Crippen LogP contribution is 2.11. The minimum absolute atomic E-state index is 0.579. The Morgan fingerprint density at radius 3 is 2.33 bits per heavy atom. The second kappa shape index (κ2) is 6.40. The van der Waals surface area contributed by atoms with Gasteiger partial charge in [0.15, 0.2) is 0 Å². The van der Waals surface area contributed by atoms with E-state index in [-0.39, 0.29) is 0 Å². The largest absolute Gasteiger partial charge is 0.384 e. The number of rotatable bonds is 0. The van der Waals surface area contributed by atoms with Crippen molar-refractivity contribution in [3.8, 4) is 0 Å². The normalized spacial score (nSPS) is 16.7. The first-order valence-corrected chi connectivity index (χ1v) is 5.44. The van der Waals surface area contributed by atoms with Crippen LogP contribution < -0.4 is 5.73 Å². The molecule has 1 saturated heterocycles. The fourth-order valence-corrected chi connectivity index (χ4v) is 1.29. The number of hydrogen-bond acceptors (Lipinski definition) is 3. The van der Waals surface area contributed by atoms with E-state index in [2.05, 4.69) is 11.9 Å². The zero-order valence-electron chi connectivity index (χ0n) is 9.57. The number of nitrogen functional groups attached to an aromatic ring is 1. The van der Waals surface area contributed by atoms with Crippen molar-refractivity contribution in [2.24, 2.45) is 5.92 Å². The van der Waals surface area contributed by atoms with E-state index in [0.29, 0.717) is 5.82 Å². The van der Waals surface area contributed by atoms with Crippen LogP contribution in [0.1, 0.15) is 25.3 Å². The second-order valence-electron chi connectivity index (χ2n) is 4.06. The zero-order valence-corrected chi connectivity index (χ0v) is 9.57. The van der Waals surface area contributed by atoms with Crippen molar-refractivity contribution >= 4 is 5.82 Å². The van der Waals surface area contributed by atoms with Crippen molar-refractivity contribution in [2.75, 3.05) is 18.9 Å². The molecule has 3 heteroatoms. The van der Waals surface area contributed by atoms with Crippen molar-refractivity contribution in [3.05, 3.63) is 23.9 Å². The molecule has 0 amide bonds. The van der Waals surface area contributed by atoms with E-state index in [9.17, 15) is 0 Å². The summed E-state index contributed by atoms with van der Waals surface area (Å²) >= 11 is 0. The summed E-state index contributed by atoms with van der Waals surface area (Å²) in [5.74, 6) is 1.49. The van der Waals surface area contributed by atoms with E-state index in [1.165, 1.54) is 12.8 Å². The molecule has 0 saturated carbocycles. The van der Waals surface area contributed by atoms with E-state index in [0.717, 1.165) is 24.7 Å². The highest BCUT2D eigenvalue weighted by atomic mass is 16.5. The molecular formula is C12H20N2O. The Bertz CT molecular complexity index is 244. The first kappa shape index (κ1) is 12.0. The van der Waals surface area contributed by atoms with Crippen LogP contribution in [-0.4, -0.2) is 18.2 Å². The third kappa shape index (κ3) is 5.37. The smallest absolute Gasteiger partial charge is 0.123 e. The lowest BCUT2D eigenvalue weighted by molar-refractivity contribution is 0.0716. The Kier molecular flexibility index (Phi) is 5.12. The molecule has 1 aliphatic rings. The molecule has 1 aromatic heterocycles. The van der Waals surface area contributed by atoms with E-state index >= 15 is 0 Å². The number of pyridine rings is 1. The van der Waals surface area contributed by atoms with Gasteiger partial charge in [0.25, 0.3) is 0 Å². The van der Waals surface area contributed by atoms with Crippen LogP contribution in [0.25, 0.3) is 0 Å². The highest BCUT2D eigenvalue weighted by molar-refractivity contribution is 5.28. The van der Waals surface area contributed by atoms with Crippen molar-refractivity contribution in [1.29, 1.82) is 0 Å². The molecule has 84 valence electrons. The lowest BCUT2D eigenvalue weighted by atomic mass is 10.0. The summed E-state index contributed by atoms with van der Waals surface area (Å²) in [6, 6.07) is 3.72. The first-order valence-electron chi connectivity index (χ1n) is 5.44. The van der Waals surface area contributed by atoms with Gasteiger partial charge in [-0.1, -0.05) is 13.0 Å². The molecule has 3 nitrogen and oxygen atoms in total. The van der Waals surface area contributed by atoms with Gasteiger partial charge in [0.05, 0.1) is 0 Å². The Labute approximate surface area is 91.7 Å². The van der Waals surface area contributed by atoms with Crippen molar-refractivity contribution in [1.82, 2.24) is 4.98 Å². The molecular weight excluding hydrogens is 188 g/mol. The first-order chi connectivity index (χ1) is 7.18. The molecule has 0 spiro atoms. The number of nitrogens with zero attached hydrogens (tertiary/aromatic N) is 1. The maximum absolute atomic E-state index is 5.32. The molecule has 0 atom stereocenters. The van der Waals surface area contributed by atoms with Crippen LogP contribution in [0.5, 0.6) is 0 Å². The Morgan fingerprint density at radius 1 is 1.33 bits per heavy atom. The molecule has 2 N–H and O–H groups in total. The van der Waals surface area contributed by atoms with Gasteiger partial charge in [-0.15, -0.1) is 0 Å². The maximum atomic E-state index is 5.32. The molecule has 15 heavy (non-hydrogen) atoms. The minimum atomic E-state index is 0.579. The van der Waals surface area contributed by atoms with Gasteiger partial charge in [-0.05, 0) is 37.3 Å². The van der Waals surface area contributed by atoms with Crippen LogP contribution in [0, 0.1) is 12.8 Å². The molecule has 2 heterocycles. The van der Waals surface area contributed by atoms with Crippen molar-refractivity contribution in [2.45, 2.75) is 26.7 Å². The number of anilines is 1. The molecule has 2 rings (SSSR count). The van der Waals surface area contributed by atoms with Crippen LogP contribution in [0.2, 0.25) is 0 Å². The molecule has 0 aliphatic carbocycles. The summed E-state index contributed by atoms with van der Waals surface area (Å²) in [5, 5.41) is 0. The van der Waals surface area contributed by atoms with Gasteiger partial charge in [0.2, 0.25) is 0 Å². The average Bonchev–Trinajstić information content (AvgIpc) is 2.25. The number of hydrogen-bond donors (Lipinski definition) is 1. The van der Waals surface area contributed by atoms with Crippen molar-refractivity contribution in [3.63, 3.8) is 0 Å². The van der Waals surface area contributed by atoms with Gasteiger partial charge in [-0.25, -0.2) is 4.98 Å². The van der Waals surface area contributed by atoms with Crippen LogP contribution in [0.3, 0.4) is 0 Å². The molecule has 1 aliphatic heterocycles. The van der Waals surface area contributed by atoms with Crippen LogP contribution in [-0.2, 0) is 4.74 Å². The molecule has 0 aromatic carbocycles. The van der Waals surface area contributed by atoms with E-state index in [1.54, 1.807) is 12.3 Å². The Balaban J connectivity index is 0.000000151. The van der Waals surface area contributed by atoms with Crippen LogP contribution in [0.15, 0.2) is 18.3 Å². The van der Waals surface area contributed by atoms with Crippen LogP contribution in [0.4, 0.5) is 5.82 Å². The van der Waals surface area contributed by atoms with Crippen LogP contribution >= 0.6 is 0 Å². The van der Waals surface area contributed by atoms with E-state index in [1.807, 2.05) is 13.0 Å². The van der Waals surface area contributed by atoms with Gasteiger partial charge in [-0.3, -0.25) is 0 Å². The summed E-state index contributed by atoms with van der Waals surface area (Å²) in [5.41, 5.74) is 6.45. The van der Waals surface area contributed by atoms with Crippen molar-refractivity contribution < 1.29 is 4.74 Å². The Hall–Kier alpha value is -1.09. The lowest BCUT2D eigenvalue weighted by Crippen LogP contribution is -2.12. The van der Waals surface area contributed by atoms with Gasteiger partial charge >= 0.3 is 0 Å². The number of aromatic nitrogens is 1. The summed E-state index contributed by atoms with van der Waals surface area (Å²) < 4.78 is 5.14. The maximum Gasteiger partial charge on any atom is 0.123 e. The third-order valence-electron chi connectivity index (χ3n) is 2.44. The van der Waals surface area contributed by atoms with E-state index in [4.69, 9.17) is 10.5 Å². The topological polar surface area (TPSA) is 48.1 Å². The standard InChI is InChI=1S/C6H8N2.C6H12O/c1-5-2-3-6(7)8-4-5;1-6-2-4-7-5-3-6/h2-4H,1H3,(H2,7,8);6H,2-5H2,1H3. The second-order valence-corrected chi connectivity index (χ2v) is 4.06. The van der Waals surface area contributed by atoms with Gasteiger partial charge < -0.3 is 10.5 Å². The monoisotopic (exact) mass is 208 g/mol. The zero-order chi connectivity index (χ0) is 11.1. The number of aryl methyl sites for hydroxylation is 1. The van der Waals surface area contributed by atoms with E-state index < -0.39 is 0 Å². The third-order valence-corrected chi connectivity index (χ3v) is 2.44. The molecule has 1 fully saturated rings. The van der Waals surface area contributed by atoms with Gasteiger partial charge in [0.1, 0.15) is 5.82 Å². The SMILES string of the molecule is CC1CCOCC1.Cc1ccc(N)nc1. The molecule has 0 radical (unpaired) electrons. The summed E-state index contributed by atoms with van der Waals surface area (Å²) in [6.07, 6.45) is 4.27. The highest BCUT2D eigenvalue weighted by Gasteiger charge is 2.06. The molecule has 1 aromatic rings. The quantitative estimate of drug-likeness (QED) is 0.712. The summed E-state index contributed by atoms with van der Waals surface area (Å²) in [4.78, 5) is 3.86. The minimum Gasteiger partial charge on any atom is -0.384 e. The summed E-state index contributed by atoms with van der Waals surface area (Å²) in [7, 11) is 0. The van der Waals surface area contributed by atoms with Gasteiger partial charge in [0, 0.05) is 19.4 Å². The fourth-order valence-electron chi connectivity index (χ4n) is 1.29. The number of ether oxygens (including phenoxy) is 1. The predicted molar refractivity (Wildman–Crippen MR) is 62.6 cm³/mol. The predicted octanol–water partition coefficient (Wildman–Crippen LogP) is 2.41.